The van der Waals surface area contributed by atoms with Gasteiger partial charge in [-0.15, -0.1) is 0 Å². The number of benzene rings is 2. The minimum Gasteiger partial charge on any atom is -0.457 e. The quantitative estimate of drug-likeness (QED) is 0.318. The largest absolute Gasteiger partial charge is 0.457 e. The number of halogens is 1. The van der Waals surface area contributed by atoms with E-state index in [1.807, 2.05) is 24.3 Å². The normalized spacial score (nSPS) is 13.3. The summed E-state index contributed by atoms with van der Waals surface area (Å²) in [6, 6.07) is 14.8. The molecule has 1 fully saturated rings. The monoisotopic (exact) mass is 472 g/mol. The first kappa shape index (κ1) is 22.4. The van der Waals surface area contributed by atoms with Gasteiger partial charge < -0.3 is 20.3 Å². The van der Waals surface area contributed by atoms with E-state index in [0.717, 1.165) is 24.3 Å². The maximum atomic E-state index is 14.4. The molecule has 0 spiro atoms. The predicted octanol–water partition coefficient (Wildman–Crippen LogP) is 6.04. The van der Waals surface area contributed by atoms with Gasteiger partial charge in [-0.1, -0.05) is 6.07 Å². The first-order chi connectivity index (χ1) is 17.1. The van der Waals surface area contributed by atoms with Crippen LogP contribution in [0, 0.1) is 5.82 Å². The summed E-state index contributed by atoms with van der Waals surface area (Å²) in [5, 5.41) is 12.0. The van der Waals surface area contributed by atoms with Crippen molar-refractivity contribution in [1.82, 2.24) is 15.2 Å². The molecule has 35 heavy (non-hydrogen) atoms. The number of carbonyl (C=O) groups excluding carboxylic acids is 1. The number of aromatic nitrogens is 3. The summed E-state index contributed by atoms with van der Waals surface area (Å²) in [5.41, 5.74) is 3.22. The van der Waals surface area contributed by atoms with Crippen molar-refractivity contribution < 1.29 is 13.9 Å². The van der Waals surface area contributed by atoms with Gasteiger partial charge in [-0.25, -0.2) is 9.18 Å². The summed E-state index contributed by atoms with van der Waals surface area (Å²) in [7, 11) is 0. The van der Waals surface area contributed by atoms with Crippen molar-refractivity contribution in [2.45, 2.75) is 19.3 Å². The molecular weight excluding hydrogens is 447 g/mol. The maximum Gasteiger partial charge on any atom is 0.323 e. The summed E-state index contributed by atoms with van der Waals surface area (Å²) < 4.78 is 20.3. The van der Waals surface area contributed by atoms with Crippen LogP contribution >= 0.6 is 0 Å². The van der Waals surface area contributed by atoms with Crippen LogP contribution in [0.3, 0.4) is 0 Å². The van der Waals surface area contributed by atoms with E-state index < -0.39 is 11.8 Å². The van der Waals surface area contributed by atoms with Crippen LogP contribution in [0.15, 0.2) is 73.2 Å². The molecule has 5 rings (SSSR count). The SMILES string of the molecule is O=C(Nc1cccc(N2CCCCC2)c1)Nc1cc(Oc2ccnc(-c3cn[nH]c3)c2)ccc1F. The Morgan fingerprint density at radius 1 is 1.00 bits per heavy atom. The van der Waals surface area contributed by atoms with Gasteiger partial charge >= 0.3 is 6.03 Å². The number of rotatable bonds is 6. The highest BCUT2D eigenvalue weighted by Gasteiger charge is 2.13. The van der Waals surface area contributed by atoms with E-state index in [9.17, 15) is 9.18 Å². The van der Waals surface area contributed by atoms with Crippen LogP contribution in [0.25, 0.3) is 11.3 Å². The molecule has 0 saturated carbocycles. The van der Waals surface area contributed by atoms with Crippen molar-refractivity contribution in [1.29, 1.82) is 0 Å². The number of hydrogen-bond acceptors (Lipinski definition) is 5. The fourth-order valence-corrected chi connectivity index (χ4v) is 4.04. The molecule has 3 heterocycles. The van der Waals surface area contributed by atoms with E-state index in [4.69, 9.17) is 4.74 Å². The van der Waals surface area contributed by atoms with E-state index in [-0.39, 0.29) is 5.69 Å². The molecule has 8 nitrogen and oxygen atoms in total. The van der Waals surface area contributed by atoms with Crippen molar-refractivity contribution in [2.24, 2.45) is 0 Å². The highest BCUT2D eigenvalue weighted by molar-refractivity contribution is 6.00. The number of nitrogens with zero attached hydrogens (tertiary/aromatic N) is 3. The highest BCUT2D eigenvalue weighted by atomic mass is 19.1. The zero-order chi connectivity index (χ0) is 24.0. The lowest BCUT2D eigenvalue weighted by molar-refractivity contribution is 0.262. The van der Waals surface area contributed by atoms with Crippen LogP contribution in [0.5, 0.6) is 11.5 Å². The Balaban J connectivity index is 1.26. The predicted molar refractivity (Wildman–Crippen MR) is 133 cm³/mol. The summed E-state index contributed by atoms with van der Waals surface area (Å²) in [4.78, 5) is 19.2. The number of nitrogens with one attached hydrogen (secondary N) is 3. The molecule has 0 aliphatic carbocycles. The fourth-order valence-electron chi connectivity index (χ4n) is 4.04. The molecule has 178 valence electrons. The summed E-state index contributed by atoms with van der Waals surface area (Å²) in [6.45, 7) is 2.02. The van der Waals surface area contributed by atoms with Crippen LogP contribution in [0.4, 0.5) is 26.2 Å². The van der Waals surface area contributed by atoms with Gasteiger partial charge in [0.25, 0.3) is 0 Å². The lowest BCUT2D eigenvalue weighted by Gasteiger charge is -2.29. The van der Waals surface area contributed by atoms with Crippen molar-refractivity contribution in [2.75, 3.05) is 28.6 Å². The maximum absolute atomic E-state index is 14.4. The van der Waals surface area contributed by atoms with E-state index in [1.54, 1.807) is 30.7 Å². The van der Waals surface area contributed by atoms with E-state index in [2.05, 4.69) is 30.7 Å². The number of ether oxygens (including phenoxy) is 1. The third kappa shape index (κ3) is 5.57. The first-order valence-corrected chi connectivity index (χ1v) is 11.5. The molecule has 2 aromatic carbocycles. The first-order valence-electron chi connectivity index (χ1n) is 11.5. The summed E-state index contributed by atoms with van der Waals surface area (Å²) in [6.07, 6.45) is 8.59. The van der Waals surface area contributed by atoms with Gasteiger partial charge in [0.15, 0.2) is 0 Å². The van der Waals surface area contributed by atoms with Gasteiger partial charge in [0, 0.05) is 54.6 Å². The zero-order valence-corrected chi connectivity index (χ0v) is 19.0. The molecule has 0 bridgehead atoms. The Kier molecular flexibility index (Phi) is 6.56. The molecule has 4 aromatic rings. The van der Waals surface area contributed by atoms with Crippen LogP contribution in [-0.4, -0.2) is 34.3 Å². The second-order valence-corrected chi connectivity index (χ2v) is 8.28. The number of hydrogen-bond donors (Lipinski definition) is 3. The van der Waals surface area contributed by atoms with Gasteiger partial charge in [0.05, 0.1) is 17.6 Å². The van der Waals surface area contributed by atoms with Crippen molar-refractivity contribution >= 4 is 23.1 Å². The molecular formula is C26H25FN6O2. The zero-order valence-electron chi connectivity index (χ0n) is 19.0. The Labute approximate surface area is 202 Å². The van der Waals surface area contributed by atoms with E-state index >= 15 is 0 Å². The molecule has 2 aromatic heterocycles. The number of carbonyl (C=O) groups is 1. The lowest BCUT2D eigenvalue weighted by atomic mass is 10.1. The molecule has 9 heteroatoms. The smallest absolute Gasteiger partial charge is 0.323 e. The number of pyridine rings is 1. The number of aromatic amines is 1. The summed E-state index contributed by atoms with van der Waals surface area (Å²) in [5.74, 6) is 0.328. The topological polar surface area (TPSA) is 95.2 Å². The standard InChI is InChI=1S/C26H25FN6O2/c27-23-8-7-21(35-22-9-10-28-24(14-22)18-16-29-30-17-18)15-25(23)32-26(34)31-19-5-4-6-20(13-19)33-11-2-1-3-12-33/h4-10,13-17H,1-3,11-12H2,(H,29,30)(H2,31,32,34). The second kappa shape index (κ2) is 10.3. The molecule has 1 saturated heterocycles. The minimum atomic E-state index is -0.566. The molecule has 0 radical (unpaired) electrons. The van der Waals surface area contributed by atoms with Crippen LogP contribution < -0.4 is 20.3 Å². The number of H-pyrrole nitrogens is 1. The molecule has 1 aliphatic heterocycles. The average molecular weight is 473 g/mol. The van der Waals surface area contributed by atoms with Gasteiger partial charge in [0.1, 0.15) is 17.3 Å². The minimum absolute atomic E-state index is 0.0105. The van der Waals surface area contributed by atoms with Crippen molar-refractivity contribution in [3.05, 3.63) is 79.0 Å². The third-order valence-electron chi connectivity index (χ3n) is 5.77. The Bertz CT molecular complexity index is 1300. The fraction of sp³-hybridized carbons (Fsp3) is 0.192. The van der Waals surface area contributed by atoms with Gasteiger partial charge in [-0.2, -0.15) is 5.10 Å². The number of piperidine rings is 1. The molecule has 1 aliphatic rings. The van der Waals surface area contributed by atoms with Crippen LogP contribution in [-0.2, 0) is 0 Å². The van der Waals surface area contributed by atoms with E-state index in [0.29, 0.717) is 22.9 Å². The number of anilines is 3. The lowest BCUT2D eigenvalue weighted by Crippen LogP contribution is -2.29. The van der Waals surface area contributed by atoms with Gasteiger partial charge in [-0.05, 0) is 55.7 Å². The summed E-state index contributed by atoms with van der Waals surface area (Å²) >= 11 is 0. The Morgan fingerprint density at radius 2 is 1.86 bits per heavy atom. The van der Waals surface area contributed by atoms with Crippen molar-refractivity contribution in [3.8, 4) is 22.8 Å². The third-order valence-corrected chi connectivity index (χ3v) is 5.77. The molecule has 0 atom stereocenters. The van der Waals surface area contributed by atoms with Crippen molar-refractivity contribution in [3.63, 3.8) is 0 Å². The highest BCUT2D eigenvalue weighted by Crippen LogP contribution is 2.29. The van der Waals surface area contributed by atoms with Crippen LogP contribution in [0.1, 0.15) is 19.3 Å². The Hall–Kier alpha value is -4.40. The second-order valence-electron chi connectivity index (χ2n) is 8.28. The molecule has 3 N–H and O–H groups in total. The number of amides is 2. The number of urea groups is 1. The Morgan fingerprint density at radius 3 is 2.69 bits per heavy atom. The van der Waals surface area contributed by atoms with Gasteiger partial charge in [-0.3, -0.25) is 10.1 Å². The van der Waals surface area contributed by atoms with Gasteiger partial charge in [0.2, 0.25) is 0 Å². The van der Waals surface area contributed by atoms with Crippen LogP contribution in [0.2, 0.25) is 0 Å². The van der Waals surface area contributed by atoms with E-state index in [1.165, 1.54) is 37.5 Å². The molecule has 2 amide bonds. The molecule has 0 unspecified atom stereocenters. The average Bonchev–Trinajstić information content (AvgIpc) is 3.42.